The van der Waals surface area contributed by atoms with Crippen LogP contribution in [0.25, 0.3) is 11.5 Å². The molecule has 2 aromatic heterocycles. The van der Waals surface area contributed by atoms with Crippen LogP contribution < -0.4 is 0 Å². The van der Waals surface area contributed by atoms with Gasteiger partial charge >= 0.3 is 0 Å². The zero-order valence-electron chi connectivity index (χ0n) is 14.4. The highest BCUT2D eigenvalue weighted by Gasteiger charge is 2.42. The Morgan fingerprint density at radius 1 is 1.33 bits per heavy atom. The van der Waals surface area contributed by atoms with Crippen molar-refractivity contribution >= 4 is 11.6 Å². The number of non-ortho nitro benzene ring substituents is 1. The summed E-state index contributed by atoms with van der Waals surface area (Å²) >= 11 is 0. The molecule has 1 N–H and O–H groups in total. The highest BCUT2D eigenvalue weighted by Crippen LogP contribution is 2.42. The summed E-state index contributed by atoms with van der Waals surface area (Å²) in [6.45, 7) is 0.726. The van der Waals surface area contributed by atoms with Gasteiger partial charge in [-0.05, 0) is 29.8 Å². The van der Waals surface area contributed by atoms with Crippen LogP contribution in [0.2, 0.25) is 0 Å². The highest BCUT2D eigenvalue weighted by molar-refractivity contribution is 5.99. The van der Waals surface area contributed by atoms with Crippen LogP contribution in [0, 0.1) is 10.1 Å². The minimum absolute atomic E-state index is 0.00908. The van der Waals surface area contributed by atoms with Crippen LogP contribution in [-0.2, 0) is 4.74 Å². The normalized spacial score (nSPS) is 16.0. The van der Waals surface area contributed by atoms with E-state index in [-0.39, 0.29) is 11.6 Å². The van der Waals surface area contributed by atoms with Gasteiger partial charge in [0.2, 0.25) is 0 Å². The van der Waals surface area contributed by atoms with Gasteiger partial charge in [-0.2, -0.15) is 5.10 Å². The summed E-state index contributed by atoms with van der Waals surface area (Å²) in [5.41, 5.74) is 2.37. The third-order valence-corrected chi connectivity index (χ3v) is 4.58. The number of nitrogens with one attached hydrogen (secondary N) is 1. The maximum atomic E-state index is 12.9. The fourth-order valence-corrected chi connectivity index (χ4v) is 3.34. The zero-order chi connectivity index (χ0) is 19.0. The van der Waals surface area contributed by atoms with Gasteiger partial charge in [-0.15, -0.1) is 0 Å². The van der Waals surface area contributed by atoms with Crippen molar-refractivity contribution in [3.8, 4) is 11.5 Å². The summed E-state index contributed by atoms with van der Waals surface area (Å²) in [6, 6.07) is 9.26. The van der Waals surface area contributed by atoms with Gasteiger partial charge in [0, 0.05) is 31.4 Å². The van der Waals surface area contributed by atoms with Gasteiger partial charge in [-0.3, -0.25) is 20.0 Å². The number of hydrogen-bond acceptors (Lipinski definition) is 6. The largest absolute Gasteiger partial charge is 0.463 e. The number of nitro groups is 1. The minimum atomic E-state index is -0.455. The predicted molar refractivity (Wildman–Crippen MR) is 94.1 cm³/mol. The third kappa shape index (κ3) is 2.77. The van der Waals surface area contributed by atoms with Crippen LogP contribution >= 0.6 is 0 Å². The van der Waals surface area contributed by atoms with Crippen LogP contribution in [0.4, 0.5) is 5.69 Å². The van der Waals surface area contributed by atoms with E-state index >= 15 is 0 Å². The number of nitro benzene ring substituents is 1. The van der Waals surface area contributed by atoms with Crippen molar-refractivity contribution in [3.05, 3.63) is 69.6 Å². The number of amides is 1. The summed E-state index contributed by atoms with van der Waals surface area (Å²) in [5.74, 6) is 0.344. The molecular weight excluding hydrogens is 352 g/mol. The summed E-state index contributed by atoms with van der Waals surface area (Å²) in [7, 11) is 1.56. The molecule has 9 heteroatoms. The number of carbonyl (C=O) groups excluding carboxylic acids is 1. The molecule has 0 aliphatic carbocycles. The second-order valence-electron chi connectivity index (χ2n) is 6.08. The maximum absolute atomic E-state index is 12.9. The van der Waals surface area contributed by atoms with Gasteiger partial charge in [0.25, 0.3) is 11.6 Å². The van der Waals surface area contributed by atoms with Crippen molar-refractivity contribution in [2.75, 3.05) is 20.3 Å². The molecule has 0 radical (unpaired) electrons. The Hall–Kier alpha value is -3.46. The topological polar surface area (TPSA) is 114 Å². The highest BCUT2D eigenvalue weighted by atomic mass is 16.6. The van der Waals surface area contributed by atoms with Gasteiger partial charge in [-0.1, -0.05) is 0 Å². The van der Waals surface area contributed by atoms with E-state index in [1.54, 1.807) is 42.5 Å². The Labute approximate surface area is 153 Å². The fourth-order valence-electron chi connectivity index (χ4n) is 3.34. The van der Waals surface area contributed by atoms with Crippen molar-refractivity contribution in [1.29, 1.82) is 0 Å². The SMILES string of the molecule is COCCN1C(=O)c2n[nH]c(-c3ccco3)c2[C@H]1c1ccc([N+](=O)[O-])cc1. The molecule has 0 unspecified atom stereocenters. The molecule has 0 fully saturated rings. The Morgan fingerprint density at radius 2 is 2.11 bits per heavy atom. The lowest BCUT2D eigenvalue weighted by molar-refractivity contribution is -0.384. The number of aromatic nitrogens is 2. The molecule has 1 aliphatic rings. The molecule has 9 nitrogen and oxygen atoms in total. The lowest BCUT2D eigenvalue weighted by atomic mass is 9.98. The first-order valence-corrected chi connectivity index (χ1v) is 8.28. The van der Waals surface area contributed by atoms with E-state index in [1.807, 2.05) is 0 Å². The third-order valence-electron chi connectivity index (χ3n) is 4.58. The van der Waals surface area contributed by atoms with E-state index in [2.05, 4.69) is 10.2 Å². The first-order chi connectivity index (χ1) is 13.1. The van der Waals surface area contributed by atoms with E-state index < -0.39 is 11.0 Å². The number of rotatable bonds is 6. The predicted octanol–water partition coefficient (Wildman–Crippen LogP) is 2.77. The van der Waals surface area contributed by atoms with Crippen molar-refractivity contribution in [3.63, 3.8) is 0 Å². The van der Waals surface area contributed by atoms with Crippen molar-refractivity contribution in [1.82, 2.24) is 15.1 Å². The first-order valence-electron chi connectivity index (χ1n) is 8.28. The Bertz CT molecular complexity index is 978. The average molecular weight is 368 g/mol. The van der Waals surface area contributed by atoms with E-state index in [1.165, 1.54) is 12.1 Å². The molecule has 138 valence electrons. The fraction of sp³-hybridized carbons (Fsp3) is 0.222. The number of hydrogen-bond donors (Lipinski definition) is 1. The molecule has 3 aromatic rings. The summed E-state index contributed by atoms with van der Waals surface area (Å²) in [6.07, 6.45) is 1.54. The number of carbonyl (C=O) groups is 1. The molecule has 1 aromatic carbocycles. The number of ether oxygens (including phenoxy) is 1. The molecule has 1 amide bonds. The quantitative estimate of drug-likeness (QED) is 0.528. The second kappa shape index (κ2) is 6.69. The van der Waals surface area contributed by atoms with Gasteiger partial charge < -0.3 is 14.1 Å². The van der Waals surface area contributed by atoms with E-state index in [4.69, 9.17) is 9.15 Å². The van der Waals surface area contributed by atoms with E-state index in [9.17, 15) is 14.9 Å². The monoisotopic (exact) mass is 368 g/mol. The van der Waals surface area contributed by atoms with Gasteiger partial charge in [0.15, 0.2) is 11.5 Å². The molecule has 0 bridgehead atoms. The summed E-state index contributed by atoms with van der Waals surface area (Å²) in [5, 5.41) is 18.0. The number of fused-ring (bicyclic) bond motifs is 1. The minimum Gasteiger partial charge on any atom is -0.463 e. The van der Waals surface area contributed by atoms with Crippen molar-refractivity contribution in [2.45, 2.75) is 6.04 Å². The smallest absolute Gasteiger partial charge is 0.275 e. The van der Waals surface area contributed by atoms with Crippen LogP contribution in [0.15, 0.2) is 47.1 Å². The molecule has 1 atom stereocenters. The lowest BCUT2D eigenvalue weighted by Gasteiger charge is -2.25. The number of aromatic amines is 1. The standard InChI is InChI=1S/C18H16N4O5/c1-26-10-8-21-17(11-4-6-12(7-5-11)22(24)25)14-15(13-3-2-9-27-13)19-20-16(14)18(21)23/h2-7,9,17H,8,10H2,1H3,(H,19,20)/t17-/m1/s1. The van der Waals surface area contributed by atoms with Crippen molar-refractivity contribution < 1.29 is 18.9 Å². The Kier molecular flexibility index (Phi) is 4.21. The Balaban J connectivity index is 1.82. The molecular formula is C18H16N4O5. The number of methoxy groups -OCH3 is 1. The van der Waals surface area contributed by atoms with E-state index in [0.29, 0.717) is 35.9 Å². The first kappa shape index (κ1) is 17.0. The number of H-pyrrole nitrogens is 1. The number of benzene rings is 1. The molecule has 27 heavy (non-hydrogen) atoms. The zero-order valence-corrected chi connectivity index (χ0v) is 14.4. The van der Waals surface area contributed by atoms with Gasteiger partial charge in [0.05, 0.1) is 23.8 Å². The molecule has 4 rings (SSSR count). The van der Waals surface area contributed by atoms with Crippen LogP contribution in [0.3, 0.4) is 0 Å². The molecule has 0 spiro atoms. The second-order valence-corrected chi connectivity index (χ2v) is 6.08. The average Bonchev–Trinajstić information content (AvgIpc) is 3.38. The number of furan rings is 1. The van der Waals surface area contributed by atoms with Gasteiger partial charge in [-0.25, -0.2) is 0 Å². The molecule has 0 saturated carbocycles. The van der Waals surface area contributed by atoms with Crippen LogP contribution in [0.5, 0.6) is 0 Å². The molecule has 0 saturated heterocycles. The summed E-state index contributed by atoms with van der Waals surface area (Å²) < 4.78 is 10.6. The van der Waals surface area contributed by atoms with Crippen LogP contribution in [0.1, 0.15) is 27.7 Å². The Morgan fingerprint density at radius 3 is 2.74 bits per heavy atom. The van der Waals surface area contributed by atoms with Gasteiger partial charge in [0.1, 0.15) is 5.69 Å². The summed E-state index contributed by atoms with van der Waals surface area (Å²) in [4.78, 5) is 25.0. The van der Waals surface area contributed by atoms with Crippen molar-refractivity contribution in [2.24, 2.45) is 0 Å². The molecule has 1 aliphatic heterocycles. The molecule has 3 heterocycles. The lowest BCUT2D eigenvalue weighted by Crippen LogP contribution is -2.32. The van der Waals surface area contributed by atoms with Crippen LogP contribution in [-0.4, -0.2) is 46.2 Å². The van der Waals surface area contributed by atoms with E-state index in [0.717, 1.165) is 5.56 Å². The maximum Gasteiger partial charge on any atom is 0.275 e. The number of nitrogens with zero attached hydrogens (tertiary/aromatic N) is 3.